The Labute approximate surface area is 93.1 Å². The number of hydrogen-bond acceptors (Lipinski definition) is 4. The molecule has 3 nitrogen and oxygen atoms in total. The van der Waals surface area contributed by atoms with Crippen LogP contribution in [0.3, 0.4) is 0 Å². The molecule has 0 aliphatic carbocycles. The van der Waals surface area contributed by atoms with E-state index in [1.165, 1.54) is 4.88 Å². The molecule has 0 radical (unpaired) electrons. The Morgan fingerprint density at radius 2 is 2.36 bits per heavy atom. The van der Waals surface area contributed by atoms with Crippen molar-refractivity contribution in [2.24, 2.45) is 5.73 Å². The van der Waals surface area contributed by atoms with E-state index in [0.29, 0.717) is 6.54 Å². The van der Waals surface area contributed by atoms with Crippen molar-refractivity contribution in [1.29, 1.82) is 0 Å². The van der Waals surface area contributed by atoms with Crippen molar-refractivity contribution in [3.05, 3.63) is 21.3 Å². The fourth-order valence-corrected chi connectivity index (χ4v) is 2.36. The fraction of sp³-hybridized carbons (Fsp3) is 0.556. The van der Waals surface area contributed by atoms with Crippen LogP contribution in [-0.2, 0) is 6.54 Å². The molecule has 0 aliphatic heterocycles. The van der Waals surface area contributed by atoms with Crippen LogP contribution < -0.4 is 5.73 Å². The Balaban J connectivity index is 2.51. The summed E-state index contributed by atoms with van der Waals surface area (Å²) in [5.74, 6) is 0. The van der Waals surface area contributed by atoms with Gasteiger partial charge < -0.3 is 10.8 Å². The normalized spacial score (nSPS) is 13.5. The molecule has 0 aromatic carbocycles. The summed E-state index contributed by atoms with van der Waals surface area (Å²) < 4.78 is 0.793. The molecule has 14 heavy (non-hydrogen) atoms. The predicted octanol–water partition coefficient (Wildman–Crippen LogP) is 1.15. The van der Waals surface area contributed by atoms with Gasteiger partial charge in [0.15, 0.2) is 0 Å². The number of halogens is 1. The lowest BCUT2D eigenvalue weighted by atomic mass is 10.2. The van der Waals surface area contributed by atoms with E-state index in [9.17, 15) is 0 Å². The smallest absolute Gasteiger partial charge is 0.0931 e. The van der Waals surface area contributed by atoms with Crippen LogP contribution in [0, 0.1) is 0 Å². The molecule has 5 heteroatoms. The van der Waals surface area contributed by atoms with Crippen molar-refractivity contribution in [2.75, 3.05) is 20.2 Å². The zero-order chi connectivity index (χ0) is 10.6. The SMILES string of the molecule is CN(Cc1ccc(Cl)s1)C(CN)CO. The maximum Gasteiger partial charge on any atom is 0.0931 e. The second kappa shape index (κ2) is 5.68. The van der Waals surface area contributed by atoms with Crippen LogP contribution in [0.25, 0.3) is 0 Å². The van der Waals surface area contributed by atoms with E-state index < -0.39 is 0 Å². The average molecular weight is 235 g/mol. The van der Waals surface area contributed by atoms with Crippen molar-refractivity contribution < 1.29 is 5.11 Å². The van der Waals surface area contributed by atoms with Gasteiger partial charge in [-0.05, 0) is 19.2 Å². The molecule has 0 saturated heterocycles. The molecule has 1 heterocycles. The number of thiophene rings is 1. The first-order chi connectivity index (χ1) is 6.67. The van der Waals surface area contributed by atoms with Crippen LogP contribution in [0.4, 0.5) is 0 Å². The van der Waals surface area contributed by atoms with E-state index >= 15 is 0 Å². The minimum absolute atomic E-state index is 0.0240. The standard InChI is InChI=1S/C9H15ClN2OS/c1-12(7(4-11)6-13)5-8-2-3-9(10)14-8/h2-3,7,13H,4-6,11H2,1H3. The molecule has 1 unspecified atom stereocenters. The quantitative estimate of drug-likeness (QED) is 0.804. The van der Waals surface area contributed by atoms with E-state index in [1.807, 2.05) is 24.1 Å². The summed E-state index contributed by atoms with van der Waals surface area (Å²) in [6.45, 7) is 1.33. The van der Waals surface area contributed by atoms with Gasteiger partial charge in [-0.1, -0.05) is 11.6 Å². The number of nitrogens with two attached hydrogens (primary N) is 1. The highest BCUT2D eigenvalue weighted by atomic mass is 35.5. The van der Waals surface area contributed by atoms with Gasteiger partial charge in [0.25, 0.3) is 0 Å². The molecule has 0 saturated carbocycles. The summed E-state index contributed by atoms with van der Waals surface area (Å²) >= 11 is 7.37. The molecule has 0 bridgehead atoms. The number of aliphatic hydroxyl groups is 1. The summed E-state index contributed by atoms with van der Waals surface area (Å²) in [5, 5.41) is 9.04. The molecule has 1 aromatic heterocycles. The highest BCUT2D eigenvalue weighted by Crippen LogP contribution is 2.22. The minimum atomic E-state index is 0.0240. The monoisotopic (exact) mass is 234 g/mol. The Hall–Kier alpha value is -0.130. The Morgan fingerprint density at radius 1 is 1.64 bits per heavy atom. The van der Waals surface area contributed by atoms with E-state index in [2.05, 4.69) is 0 Å². The lowest BCUT2D eigenvalue weighted by molar-refractivity contribution is 0.147. The fourth-order valence-electron chi connectivity index (χ4n) is 1.21. The number of nitrogens with zero attached hydrogens (tertiary/aromatic N) is 1. The molecule has 1 atom stereocenters. The van der Waals surface area contributed by atoms with Crippen molar-refractivity contribution >= 4 is 22.9 Å². The van der Waals surface area contributed by atoms with Crippen LogP contribution in [0.1, 0.15) is 4.88 Å². The van der Waals surface area contributed by atoms with Crippen LogP contribution >= 0.6 is 22.9 Å². The largest absolute Gasteiger partial charge is 0.395 e. The Morgan fingerprint density at radius 3 is 2.79 bits per heavy atom. The van der Waals surface area contributed by atoms with Gasteiger partial charge in [0.05, 0.1) is 10.9 Å². The molecule has 0 fully saturated rings. The molecular weight excluding hydrogens is 220 g/mol. The molecule has 0 amide bonds. The van der Waals surface area contributed by atoms with Gasteiger partial charge >= 0.3 is 0 Å². The number of likely N-dealkylation sites (N-methyl/N-ethyl adjacent to an activating group) is 1. The highest BCUT2D eigenvalue weighted by Gasteiger charge is 2.12. The van der Waals surface area contributed by atoms with Gasteiger partial charge in [-0.2, -0.15) is 0 Å². The molecule has 0 aliphatic rings. The highest BCUT2D eigenvalue weighted by molar-refractivity contribution is 7.16. The lowest BCUT2D eigenvalue weighted by Gasteiger charge is -2.24. The summed E-state index contributed by atoms with van der Waals surface area (Å²) in [6.07, 6.45) is 0. The third kappa shape index (κ3) is 3.22. The average Bonchev–Trinajstić information content (AvgIpc) is 2.53. The Kier molecular flexibility index (Phi) is 4.84. The molecular formula is C9H15ClN2OS. The molecule has 80 valence electrons. The van der Waals surface area contributed by atoms with Gasteiger partial charge in [0.2, 0.25) is 0 Å². The third-order valence-electron chi connectivity index (χ3n) is 2.14. The first-order valence-electron chi connectivity index (χ1n) is 4.42. The number of aliphatic hydroxyl groups excluding tert-OH is 1. The summed E-state index contributed by atoms with van der Waals surface area (Å²) in [5.41, 5.74) is 5.52. The second-order valence-corrected chi connectivity index (χ2v) is 4.99. The molecule has 0 spiro atoms. The second-order valence-electron chi connectivity index (χ2n) is 3.19. The third-order valence-corrected chi connectivity index (χ3v) is 3.36. The van der Waals surface area contributed by atoms with E-state index in [-0.39, 0.29) is 12.6 Å². The van der Waals surface area contributed by atoms with Crippen molar-refractivity contribution in [2.45, 2.75) is 12.6 Å². The maximum absolute atomic E-state index is 9.04. The van der Waals surface area contributed by atoms with Gasteiger partial charge in [-0.15, -0.1) is 11.3 Å². The summed E-state index contributed by atoms with van der Waals surface area (Å²) in [4.78, 5) is 3.21. The summed E-state index contributed by atoms with van der Waals surface area (Å²) in [6, 6.07) is 3.90. The molecule has 1 aromatic rings. The minimum Gasteiger partial charge on any atom is -0.395 e. The van der Waals surface area contributed by atoms with E-state index in [1.54, 1.807) is 11.3 Å². The van der Waals surface area contributed by atoms with Crippen LogP contribution in [-0.4, -0.2) is 36.2 Å². The molecule has 1 rings (SSSR count). The van der Waals surface area contributed by atoms with E-state index in [0.717, 1.165) is 10.9 Å². The van der Waals surface area contributed by atoms with Crippen LogP contribution in [0.2, 0.25) is 4.34 Å². The maximum atomic E-state index is 9.04. The van der Waals surface area contributed by atoms with Crippen LogP contribution in [0.5, 0.6) is 0 Å². The Bertz CT molecular complexity index is 276. The van der Waals surface area contributed by atoms with Crippen molar-refractivity contribution in [1.82, 2.24) is 4.90 Å². The first-order valence-corrected chi connectivity index (χ1v) is 5.62. The van der Waals surface area contributed by atoms with Crippen molar-refractivity contribution in [3.63, 3.8) is 0 Å². The number of hydrogen-bond donors (Lipinski definition) is 2. The van der Waals surface area contributed by atoms with Gasteiger partial charge in [-0.3, -0.25) is 4.90 Å². The van der Waals surface area contributed by atoms with Gasteiger partial charge in [0.1, 0.15) is 0 Å². The zero-order valence-corrected chi connectivity index (χ0v) is 9.68. The number of rotatable bonds is 5. The predicted molar refractivity (Wildman–Crippen MR) is 60.7 cm³/mol. The summed E-state index contributed by atoms with van der Waals surface area (Å²) in [7, 11) is 1.95. The zero-order valence-electron chi connectivity index (χ0n) is 8.11. The van der Waals surface area contributed by atoms with Gasteiger partial charge in [0, 0.05) is 24.0 Å². The topological polar surface area (TPSA) is 49.5 Å². The van der Waals surface area contributed by atoms with Crippen LogP contribution in [0.15, 0.2) is 12.1 Å². The first kappa shape index (κ1) is 11.9. The van der Waals surface area contributed by atoms with E-state index in [4.69, 9.17) is 22.4 Å². The van der Waals surface area contributed by atoms with Crippen molar-refractivity contribution in [3.8, 4) is 0 Å². The lowest BCUT2D eigenvalue weighted by Crippen LogP contribution is -2.39. The van der Waals surface area contributed by atoms with Gasteiger partial charge in [-0.25, -0.2) is 0 Å². The molecule has 3 N–H and O–H groups in total.